The number of carbonyl (C=O) groups excluding carboxylic acids is 1. The lowest BCUT2D eigenvalue weighted by Crippen LogP contribution is -2.31. The minimum Gasteiger partial charge on any atom is -0.508 e. The molecule has 2 atom stereocenters. The number of carbonyl (C=O) groups is 1. The van der Waals surface area contributed by atoms with Gasteiger partial charge in [-0.05, 0) is 24.3 Å². The van der Waals surface area contributed by atoms with Gasteiger partial charge in [0.15, 0.2) is 11.9 Å². The molecule has 0 radical (unpaired) electrons. The molecule has 0 saturated heterocycles. The number of rotatable bonds is 2. The Morgan fingerprint density at radius 3 is 1.80 bits per heavy atom. The molecule has 1 aliphatic rings. The van der Waals surface area contributed by atoms with Crippen LogP contribution in [0, 0.1) is 0 Å². The molecule has 0 spiro atoms. The van der Waals surface area contributed by atoms with E-state index in [9.17, 15) is 4.79 Å². The molecule has 1 aliphatic heterocycles. The summed E-state index contributed by atoms with van der Waals surface area (Å²) < 4.78 is 4.32. The Kier molecular flexibility index (Phi) is 5.18. The zero-order valence-electron chi connectivity index (χ0n) is 10.2. The topological polar surface area (TPSA) is 148 Å². The summed E-state index contributed by atoms with van der Waals surface area (Å²) in [6.07, 6.45) is -2.78. The predicted octanol–water partition coefficient (Wildman–Crippen LogP) is -0.310. The molecule has 0 fully saturated rings. The quantitative estimate of drug-likeness (QED) is 0.320. The summed E-state index contributed by atoms with van der Waals surface area (Å²) >= 11 is 0. The zero-order valence-corrected chi connectivity index (χ0v) is 10.2. The molecular formula is C12H14O8. The van der Waals surface area contributed by atoms with Gasteiger partial charge < -0.3 is 35.4 Å². The Hall–Kier alpha value is -2.45. The number of esters is 1. The van der Waals surface area contributed by atoms with Crippen LogP contribution in [0.4, 0.5) is 0 Å². The van der Waals surface area contributed by atoms with Crippen molar-refractivity contribution < 1.29 is 40.2 Å². The molecule has 0 aromatic heterocycles. The van der Waals surface area contributed by atoms with Crippen LogP contribution < -0.4 is 0 Å². The number of ether oxygens (including phenoxy) is 1. The summed E-state index contributed by atoms with van der Waals surface area (Å²) in [5.41, 5.74) is 0. The summed E-state index contributed by atoms with van der Waals surface area (Å²) in [6.45, 7) is -0.671. The van der Waals surface area contributed by atoms with Crippen LogP contribution >= 0.6 is 0 Å². The van der Waals surface area contributed by atoms with Crippen LogP contribution in [0.1, 0.15) is 0 Å². The molecule has 1 heterocycles. The molecule has 8 heteroatoms. The highest BCUT2D eigenvalue weighted by atomic mass is 16.6. The van der Waals surface area contributed by atoms with E-state index in [4.69, 9.17) is 30.6 Å². The Labute approximate surface area is 113 Å². The fourth-order valence-electron chi connectivity index (χ4n) is 1.28. The fourth-order valence-corrected chi connectivity index (χ4v) is 1.28. The lowest BCUT2D eigenvalue weighted by Gasteiger charge is -2.13. The van der Waals surface area contributed by atoms with E-state index in [0.717, 1.165) is 0 Å². The fraction of sp³-hybridized carbons (Fsp3) is 0.250. The summed E-state index contributed by atoms with van der Waals surface area (Å²) in [5, 5.41) is 52.3. The van der Waals surface area contributed by atoms with Crippen molar-refractivity contribution in [2.75, 3.05) is 6.61 Å². The Balaban J connectivity index is 0.000000217. The van der Waals surface area contributed by atoms with Crippen LogP contribution in [0.15, 0.2) is 35.8 Å². The summed E-state index contributed by atoms with van der Waals surface area (Å²) in [6, 6.07) is 5.70. The van der Waals surface area contributed by atoms with Gasteiger partial charge in [0.05, 0.1) is 6.61 Å². The molecule has 0 amide bonds. The van der Waals surface area contributed by atoms with E-state index in [1.807, 2.05) is 0 Å². The number of benzene rings is 1. The van der Waals surface area contributed by atoms with Crippen LogP contribution in [0.3, 0.4) is 0 Å². The Morgan fingerprint density at radius 2 is 1.50 bits per heavy atom. The first-order valence-electron chi connectivity index (χ1n) is 5.46. The van der Waals surface area contributed by atoms with Gasteiger partial charge in [-0.25, -0.2) is 4.79 Å². The highest BCUT2D eigenvalue weighted by Gasteiger charge is 2.38. The second-order valence-electron chi connectivity index (χ2n) is 3.83. The number of phenols is 2. The van der Waals surface area contributed by atoms with E-state index in [-0.39, 0.29) is 11.5 Å². The van der Waals surface area contributed by atoms with Gasteiger partial charge >= 0.3 is 5.97 Å². The summed E-state index contributed by atoms with van der Waals surface area (Å²) in [7, 11) is 0. The van der Waals surface area contributed by atoms with Gasteiger partial charge in [-0.2, -0.15) is 0 Å². The average molecular weight is 286 g/mol. The standard InChI is InChI=1S/C6H8O6.C6H6O2/c7-1-2(8)5-3(9)4(10)6(11)12-5;7-5-1-2-6(8)4-3-5/h2,5,7-10H,1H2;1-4,7-8H/t2-,5+;/m0./s1. The number of hydrogen-bond acceptors (Lipinski definition) is 8. The first-order chi connectivity index (χ1) is 9.36. The van der Waals surface area contributed by atoms with E-state index in [1.54, 1.807) is 0 Å². The first-order valence-corrected chi connectivity index (χ1v) is 5.46. The SMILES string of the molecule is O=C1O[C@H]([C@@H](O)CO)C(O)=C1O.Oc1ccc(O)cc1. The van der Waals surface area contributed by atoms with Crippen molar-refractivity contribution in [1.29, 1.82) is 0 Å². The van der Waals surface area contributed by atoms with Crippen LogP contribution in [0.2, 0.25) is 0 Å². The highest BCUT2D eigenvalue weighted by Crippen LogP contribution is 2.20. The molecule has 0 bridgehead atoms. The van der Waals surface area contributed by atoms with Crippen molar-refractivity contribution >= 4 is 5.97 Å². The smallest absolute Gasteiger partial charge is 0.377 e. The minimum absolute atomic E-state index is 0.169. The van der Waals surface area contributed by atoms with Gasteiger partial charge in [0, 0.05) is 0 Å². The monoisotopic (exact) mass is 286 g/mol. The van der Waals surface area contributed by atoms with Crippen LogP contribution in [0.5, 0.6) is 11.5 Å². The molecule has 6 N–H and O–H groups in total. The second-order valence-corrected chi connectivity index (χ2v) is 3.83. The normalized spacial score (nSPS) is 19.1. The molecule has 20 heavy (non-hydrogen) atoms. The number of aromatic hydroxyl groups is 2. The molecule has 0 aliphatic carbocycles. The van der Waals surface area contributed by atoms with Gasteiger partial charge in [-0.1, -0.05) is 0 Å². The average Bonchev–Trinajstić information content (AvgIpc) is 2.70. The van der Waals surface area contributed by atoms with Crippen molar-refractivity contribution in [2.24, 2.45) is 0 Å². The first kappa shape index (κ1) is 15.6. The van der Waals surface area contributed by atoms with Gasteiger partial charge in [0.25, 0.3) is 0 Å². The van der Waals surface area contributed by atoms with Crippen LogP contribution in [-0.2, 0) is 9.53 Å². The number of phenolic OH excluding ortho intramolecular Hbond substituents is 2. The molecule has 2 rings (SSSR count). The highest BCUT2D eigenvalue weighted by molar-refractivity contribution is 5.89. The number of hydrogen-bond donors (Lipinski definition) is 6. The van der Waals surface area contributed by atoms with E-state index in [1.165, 1.54) is 24.3 Å². The Bertz CT molecular complexity index is 472. The molecule has 0 unspecified atom stereocenters. The number of aliphatic hydroxyl groups is 4. The van der Waals surface area contributed by atoms with Gasteiger partial charge in [0.2, 0.25) is 5.76 Å². The van der Waals surface area contributed by atoms with E-state index < -0.39 is 36.3 Å². The van der Waals surface area contributed by atoms with Crippen molar-refractivity contribution in [3.63, 3.8) is 0 Å². The zero-order chi connectivity index (χ0) is 15.3. The van der Waals surface area contributed by atoms with E-state index in [2.05, 4.69) is 4.74 Å². The van der Waals surface area contributed by atoms with Crippen molar-refractivity contribution in [1.82, 2.24) is 0 Å². The summed E-state index contributed by atoms with van der Waals surface area (Å²) in [5.74, 6) is -2.44. The van der Waals surface area contributed by atoms with E-state index >= 15 is 0 Å². The molecule has 1 aromatic rings. The maximum absolute atomic E-state index is 10.5. The number of cyclic esters (lactones) is 1. The largest absolute Gasteiger partial charge is 0.508 e. The Morgan fingerprint density at radius 1 is 1.05 bits per heavy atom. The minimum atomic E-state index is -1.42. The maximum Gasteiger partial charge on any atom is 0.377 e. The van der Waals surface area contributed by atoms with Gasteiger partial charge in [-0.15, -0.1) is 0 Å². The van der Waals surface area contributed by atoms with Crippen LogP contribution in [0.25, 0.3) is 0 Å². The second kappa shape index (κ2) is 6.64. The third-order valence-corrected chi connectivity index (χ3v) is 2.33. The number of aliphatic hydroxyl groups excluding tert-OH is 4. The summed E-state index contributed by atoms with van der Waals surface area (Å²) in [4.78, 5) is 10.5. The van der Waals surface area contributed by atoms with Gasteiger partial charge in [-0.3, -0.25) is 0 Å². The van der Waals surface area contributed by atoms with Crippen LogP contribution in [-0.4, -0.2) is 55.4 Å². The molecule has 0 saturated carbocycles. The molecular weight excluding hydrogens is 272 g/mol. The van der Waals surface area contributed by atoms with E-state index in [0.29, 0.717) is 0 Å². The lowest BCUT2D eigenvalue weighted by molar-refractivity contribution is -0.147. The maximum atomic E-state index is 10.5. The van der Waals surface area contributed by atoms with Crippen molar-refractivity contribution in [2.45, 2.75) is 12.2 Å². The van der Waals surface area contributed by atoms with Crippen molar-refractivity contribution in [3.8, 4) is 11.5 Å². The molecule has 8 nitrogen and oxygen atoms in total. The lowest BCUT2D eigenvalue weighted by atomic mass is 10.2. The molecule has 110 valence electrons. The third-order valence-electron chi connectivity index (χ3n) is 2.33. The van der Waals surface area contributed by atoms with Crippen molar-refractivity contribution in [3.05, 3.63) is 35.8 Å². The molecule has 1 aromatic carbocycles. The van der Waals surface area contributed by atoms with Gasteiger partial charge in [0.1, 0.15) is 17.6 Å². The third kappa shape index (κ3) is 3.77. The predicted molar refractivity (Wildman–Crippen MR) is 65.0 cm³/mol.